The zero-order valence-corrected chi connectivity index (χ0v) is 16.3. The summed E-state index contributed by atoms with van der Waals surface area (Å²) in [6.45, 7) is 2.63. The van der Waals surface area contributed by atoms with Crippen molar-refractivity contribution < 1.29 is 23.5 Å². The molecule has 2 fully saturated rings. The van der Waals surface area contributed by atoms with Crippen LogP contribution in [-0.2, 0) is 14.3 Å². The molecule has 2 saturated heterocycles. The standard InChI is InChI=1S/C19H16BrN3O5/c20-12-1-3-13(4-2-12)23-18(25)15(17(24)21-19(23)26)11-14-5-6-16(28-14)22-7-9-27-10-8-22/h1-6,11H,7-10H2,(H,21,24,26)/b15-11+. The van der Waals surface area contributed by atoms with Crippen molar-refractivity contribution in [2.24, 2.45) is 0 Å². The number of furan rings is 1. The lowest BCUT2D eigenvalue weighted by Crippen LogP contribution is -2.54. The Hall–Kier alpha value is -2.91. The van der Waals surface area contributed by atoms with Gasteiger partial charge in [0.15, 0.2) is 5.88 Å². The van der Waals surface area contributed by atoms with E-state index in [1.54, 1.807) is 36.4 Å². The largest absolute Gasteiger partial charge is 0.441 e. The average Bonchev–Trinajstić information content (AvgIpc) is 3.16. The van der Waals surface area contributed by atoms with Gasteiger partial charge in [0.1, 0.15) is 11.3 Å². The van der Waals surface area contributed by atoms with Gasteiger partial charge in [0.25, 0.3) is 11.8 Å². The van der Waals surface area contributed by atoms with Gasteiger partial charge >= 0.3 is 6.03 Å². The number of amides is 4. The predicted molar refractivity (Wildman–Crippen MR) is 105 cm³/mol. The minimum Gasteiger partial charge on any atom is -0.441 e. The van der Waals surface area contributed by atoms with Gasteiger partial charge in [0.2, 0.25) is 0 Å². The Morgan fingerprint density at radius 2 is 1.71 bits per heavy atom. The van der Waals surface area contributed by atoms with E-state index < -0.39 is 17.8 Å². The highest BCUT2D eigenvalue weighted by molar-refractivity contribution is 9.10. The quantitative estimate of drug-likeness (QED) is 0.576. The van der Waals surface area contributed by atoms with Gasteiger partial charge in [-0.15, -0.1) is 0 Å². The Kier molecular flexibility index (Phi) is 5.01. The normalized spacial score (nSPS) is 19.3. The number of carbonyl (C=O) groups excluding carboxylic acids is 3. The van der Waals surface area contributed by atoms with E-state index in [2.05, 4.69) is 21.2 Å². The maximum absolute atomic E-state index is 12.8. The number of urea groups is 1. The van der Waals surface area contributed by atoms with Crippen LogP contribution in [-0.4, -0.2) is 44.1 Å². The Balaban J connectivity index is 1.61. The Bertz CT molecular complexity index is 960. The third kappa shape index (κ3) is 3.58. The van der Waals surface area contributed by atoms with Gasteiger partial charge in [-0.05, 0) is 36.4 Å². The van der Waals surface area contributed by atoms with Crippen LogP contribution in [0, 0.1) is 0 Å². The monoisotopic (exact) mass is 445 g/mol. The van der Waals surface area contributed by atoms with Crippen LogP contribution in [0.2, 0.25) is 0 Å². The number of carbonyl (C=O) groups is 3. The Morgan fingerprint density at radius 3 is 2.43 bits per heavy atom. The van der Waals surface area contributed by atoms with E-state index in [1.807, 2.05) is 4.90 Å². The summed E-state index contributed by atoms with van der Waals surface area (Å²) in [5.41, 5.74) is 0.183. The van der Waals surface area contributed by atoms with Crippen molar-refractivity contribution in [1.82, 2.24) is 5.32 Å². The van der Waals surface area contributed by atoms with Gasteiger partial charge in [-0.1, -0.05) is 15.9 Å². The Labute approximate surface area is 168 Å². The number of ether oxygens (including phenoxy) is 1. The average molecular weight is 446 g/mol. The number of barbiturate groups is 1. The number of anilines is 2. The number of nitrogens with zero attached hydrogens (tertiary/aromatic N) is 2. The van der Waals surface area contributed by atoms with Gasteiger partial charge in [-0.25, -0.2) is 9.69 Å². The first-order valence-corrected chi connectivity index (χ1v) is 9.42. The molecule has 4 amide bonds. The highest BCUT2D eigenvalue weighted by Crippen LogP contribution is 2.25. The fourth-order valence-corrected chi connectivity index (χ4v) is 3.26. The fraction of sp³-hybridized carbons (Fsp3) is 0.211. The highest BCUT2D eigenvalue weighted by Gasteiger charge is 2.37. The zero-order valence-electron chi connectivity index (χ0n) is 14.7. The molecule has 0 unspecified atom stereocenters. The lowest BCUT2D eigenvalue weighted by Gasteiger charge is -2.26. The molecule has 1 N–H and O–H groups in total. The number of morpholine rings is 1. The second-order valence-electron chi connectivity index (χ2n) is 6.21. The molecule has 0 spiro atoms. The summed E-state index contributed by atoms with van der Waals surface area (Å²) in [7, 11) is 0. The van der Waals surface area contributed by atoms with E-state index in [4.69, 9.17) is 9.15 Å². The van der Waals surface area contributed by atoms with E-state index >= 15 is 0 Å². The van der Waals surface area contributed by atoms with Crippen LogP contribution in [0.4, 0.5) is 16.4 Å². The summed E-state index contributed by atoms with van der Waals surface area (Å²) in [4.78, 5) is 40.2. The van der Waals surface area contributed by atoms with Gasteiger partial charge in [0.05, 0.1) is 18.9 Å². The number of benzene rings is 1. The molecule has 9 heteroatoms. The van der Waals surface area contributed by atoms with Crippen molar-refractivity contribution in [2.75, 3.05) is 36.1 Å². The molecule has 8 nitrogen and oxygen atoms in total. The van der Waals surface area contributed by atoms with E-state index in [1.165, 1.54) is 6.08 Å². The molecule has 3 heterocycles. The highest BCUT2D eigenvalue weighted by atomic mass is 79.9. The lowest BCUT2D eigenvalue weighted by molar-refractivity contribution is -0.122. The number of hydrogen-bond acceptors (Lipinski definition) is 6. The first-order chi connectivity index (χ1) is 13.5. The molecule has 0 bridgehead atoms. The first kappa shape index (κ1) is 18.5. The number of imide groups is 2. The number of nitrogens with one attached hydrogen (secondary N) is 1. The predicted octanol–water partition coefficient (Wildman–Crippen LogP) is 2.55. The minimum absolute atomic E-state index is 0.176. The zero-order chi connectivity index (χ0) is 19.7. The van der Waals surface area contributed by atoms with E-state index in [9.17, 15) is 14.4 Å². The van der Waals surface area contributed by atoms with Crippen molar-refractivity contribution in [3.63, 3.8) is 0 Å². The van der Waals surface area contributed by atoms with Crippen molar-refractivity contribution in [2.45, 2.75) is 0 Å². The molecule has 0 atom stereocenters. The summed E-state index contributed by atoms with van der Waals surface area (Å²) < 4.78 is 11.9. The van der Waals surface area contributed by atoms with Gasteiger partial charge in [0, 0.05) is 23.6 Å². The molecular formula is C19H16BrN3O5. The SMILES string of the molecule is O=C1NC(=O)N(c2ccc(Br)cc2)C(=O)/C1=C/c1ccc(N2CCOCC2)o1. The molecule has 2 aliphatic rings. The molecule has 144 valence electrons. The second kappa shape index (κ2) is 7.61. The summed E-state index contributed by atoms with van der Waals surface area (Å²) in [5, 5.41) is 2.19. The smallest absolute Gasteiger partial charge is 0.335 e. The minimum atomic E-state index is -0.789. The van der Waals surface area contributed by atoms with Crippen molar-refractivity contribution in [1.29, 1.82) is 0 Å². The number of hydrogen-bond donors (Lipinski definition) is 1. The molecule has 2 aliphatic heterocycles. The van der Waals surface area contributed by atoms with E-state index in [-0.39, 0.29) is 5.57 Å². The van der Waals surface area contributed by atoms with Gasteiger partial charge in [-0.2, -0.15) is 0 Å². The molecule has 4 rings (SSSR count). The molecule has 0 saturated carbocycles. The van der Waals surface area contributed by atoms with Crippen LogP contribution in [0.25, 0.3) is 6.08 Å². The van der Waals surface area contributed by atoms with Crippen LogP contribution in [0.5, 0.6) is 0 Å². The van der Waals surface area contributed by atoms with Crippen LogP contribution >= 0.6 is 15.9 Å². The Morgan fingerprint density at radius 1 is 1.00 bits per heavy atom. The van der Waals surface area contributed by atoms with Crippen LogP contribution in [0.3, 0.4) is 0 Å². The summed E-state index contributed by atoms with van der Waals surface area (Å²) in [6.07, 6.45) is 1.35. The maximum atomic E-state index is 12.8. The first-order valence-electron chi connectivity index (χ1n) is 8.62. The van der Waals surface area contributed by atoms with Crippen molar-refractivity contribution in [3.05, 3.63) is 52.2 Å². The van der Waals surface area contributed by atoms with E-state index in [0.717, 1.165) is 9.37 Å². The molecule has 0 radical (unpaired) electrons. The molecule has 0 aliphatic carbocycles. The maximum Gasteiger partial charge on any atom is 0.335 e. The van der Waals surface area contributed by atoms with Crippen LogP contribution in [0.15, 0.2) is 50.9 Å². The van der Waals surface area contributed by atoms with E-state index in [0.29, 0.717) is 43.6 Å². The van der Waals surface area contributed by atoms with Gasteiger partial charge in [-0.3, -0.25) is 14.9 Å². The molecule has 28 heavy (non-hydrogen) atoms. The summed E-state index contributed by atoms with van der Waals surface area (Å²) in [6, 6.07) is 9.30. The van der Waals surface area contributed by atoms with Crippen LogP contribution in [0.1, 0.15) is 5.76 Å². The number of rotatable bonds is 3. The van der Waals surface area contributed by atoms with Crippen LogP contribution < -0.4 is 15.1 Å². The van der Waals surface area contributed by atoms with Crippen molar-refractivity contribution in [3.8, 4) is 0 Å². The molecule has 2 aromatic rings. The second-order valence-corrected chi connectivity index (χ2v) is 7.13. The topological polar surface area (TPSA) is 92.1 Å². The van der Waals surface area contributed by atoms with Gasteiger partial charge < -0.3 is 14.1 Å². The molecular weight excluding hydrogens is 430 g/mol. The summed E-state index contributed by atoms with van der Waals surface area (Å²) >= 11 is 3.31. The lowest BCUT2D eigenvalue weighted by atomic mass is 10.1. The van der Waals surface area contributed by atoms with Crippen molar-refractivity contribution >= 4 is 51.4 Å². The fourth-order valence-electron chi connectivity index (χ4n) is 3.00. The third-order valence-electron chi connectivity index (χ3n) is 4.41. The number of halogens is 1. The summed E-state index contributed by atoms with van der Waals surface area (Å²) in [5.74, 6) is -0.474. The molecule has 1 aromatic carbocycles. The third-order valence-corrected chi connectivity index (χ3v) is 4.94. The molecule has 1 aromatic heterocycles.